The molecule has 0 saturated heterocycles. The van der Waals surface area contributed by atoms with Gasteiger partial charge in [-0.25, -0.2) is 14.3 Å². The molecule has 0 aliphatic carbocycles. The molecule has 3 rings (SSSR count). The van der Waals surface area contributed by atoms with Gasteiger partial charge in [0, 0.05) is 35.1 Å². The minimum Gasteiger partial charge on any atom is -0.487 e. The molecule has 9 N–H and O–H groups in total. The topological polar surface area (TPSA) is 219 Å². The van der Waals surface area contributed by atoms with Crippen molar-refractivity contribution in [3.8, 4) is 11.5 Å². The number of halogens is 1. The lowest BCUT2D eigenvalue weighted by Gasteiger charge is -2.20. The first-order valence-corrected chi connectivity index (χ1v) is 13.5. The van der Waals surface area contributed by atoms with Crippen LogP contribution >= 0.6 is 0 Å². The number of amidine groups is 1. The Balaban J connectivity index is 1.96. The van der Waals surface area contributed by atoms with Crippen molar-refractivity contribution in [3.63, 3.8) is 0 Å². The molecule has 13 nitrogen and oxygen atoms in total. The average molecular weight is 589 g/mol. The summed E-state index contributed by atoms with van der Waals surface area (Å²) in [6.45, 7) is 2.55. The molecule has 15 heteroatoms. The van der Waals surface area contributed by atoms with E-state index in [0.717, 1.165) is 12.1 Å². The molecule has 0 bridgehead atoms. The van der Waals surface area contributed by atoms with E-state index in [9.17, 15) is 22.4 Å². The Labute approximate surface area is 235 Å². The second kappa shape index (κ2) is 13.0. The zero-order valence-corrected chi connectivity index (χ0v) is 22.8. The van der Waals surface area contributed by atoms with E-state index in [0.29, 0.717) is 11.3 Å². The summed E-state index contributed by atoms with van der Waals surface area (Å²) in [6, 6.07) is 12.3. The Morgan fingerprint density at radius 3 is 2.34 bits per heavy atom. The fourth-order valence-electron chi connectivity index (χ4n) is 3.63. The third-order valence-corrected chi connectivity index (χ3v) is 5.76. The fraction of sp³-hybridized carbons (Fsp3) is 0.192. The van der Waals surface area contributed by atoms with Gasteiger partial charge in [0.1, 0.15) is 11.7 Å². The van der Waals surface area contributed by atoms with Gasteiger partial charge in [-0.3, -0.25) is 14.9 Å². The molecule has 3 aromatic rings. The van der Waals surface area contributed by atoms with Crippen LogP contribution in [0.1, 0.15) is 35.3 Å². The molecule has 0 saturated carbocycles. The van der Waals surface area contributed by atoms with Crippen molar-refractivity contribution in [3.05, 3.63) is 77.1 Å². The monoisotopic (exact) mass is 588 g/mol. The van der Waals surface area contributed by atoms with Gasteiger partial charge in [0.25, 0.3) is 16.1 Å². The molecule has 0 fully saturated rings. The Morgan fingerprint density at radius 2 is 1.76 bits per heavy atom. The molecule has 0 aliphatic heterocycles. The van der Waals surface area contributed by atoms with E-state index in [1.165, 1.54) is 30.3 Å². The van der Waals surface area contributed by atoms with Crippen LogP contribution in [-0.2, 0) is 21.5 Å². The highest BCUT2D eigenvalue weighted by Crippen LogP contribution is 2.37. The fourth-order valence-corrected chi connectivity index (χ4v) is 4.08. The first kappa shape index (κ1) is 30.6. The van der Waals surface area contributed by atoms with Crippen LogP contribution in [0.5, 0.6) is 11.5 Å². The summed E-state index contributed by atoms with van der Waals surface area (Å²) >= 11 is 0. The number of benzene rings is 3. The standard InChI is InChI=1S/C26H29FN6O7S/c1-14(2)40-22-11-19(33-41(30,37)38)9-16(24(22)39-13-23(34)35)12-31-21-8-5-17(27)10-20(21)26(36)32-18-6-3-15(4-7-18)25(28)29/h3-11,14,31,33H,12-13H2,1-2H3,(H3,28,29)(H,32,36)(H,34,35)(H2,30,37,38). The highest BCUT2D eigenvalue weighted by Gasteiger charge is 2.20. The summed E-state index contributed by atoms with van der Waals surface area (Å²) in [4.78, 5) is 24.3. The average Bonchev–Trinajstić information content (AvgIpc) is 2.86. The maximum atomic E-state index is 14.2. The normalized spacial score (nSPS) is 11.0. The van der Waals surface area contributed by atoms with Gasteiger partial charge in [0.05, 0.1) is 17.4 Å². The van der Waals surface area contributed by atoms with Gasteiger partial charge >= 0.3 is 5.97 Å². The number of ether oxygens (including phenoxy) is 2. The molecule has 0 atom stereocenters. The third kappa shape index (κ3) is 9.08. The Morgan fingerprint density at radius 1 is 1.07 bits per heavy atom. The maximum absolute atomic E-state index is 14.2. The molecule has 0 spiro atoms. The molecule has 0 aromatic heterocycles. The maximum Gasteiger partial charge on any atom is 0.341 e. The van der Waals surface area contributed by atoms with Crippen molar-refractivity contribution >= 4 is 45.0 Å². The van der Waals surface area contributed by atoms with Gasteiger partial charge in [-0.2, -0.15) is 8.42 Å². The largest absolute Gasteiger partial charge is 0.487 e. The SMILES string of the molecule is CC(C)Oc1cc(NS(N)(=O)=O)cc(CNc2ccc(F)cc2C(=O)Nc2ccc(C(=N)N)cc2)c1OCC(=O)O. The number of anilines is 3. The van der Waals surface area contributed by atoms with Crippen molar-refractivity contribution < 1.29 is 37.0 Å². The summed E-state index contributed by atoms with van der Waals surface area (Å²) < 4.78 is 50.9. The van der Waals surface area contributed by atoms with Crippen molar-refractivity contribution in [1.82, 2.24) is 0 Å². The molecule has 3 aromatic carbocycles. The van der Waals surface area contributed by atoms with E-state index < -0.39 is 40.6 Å². The number of carboxylic acid groups (broad SMARTS) is 1. The summed E-state index contributed by atoms with van der Waals surface area (Å²) in [5, 5.41) is 27.4. The van der Waals surface area contributed by atoms with Crippen LogP contribution in [0.2, 0.25) is 0 Å². The quantitative estimate of drug-likeness (QED) is 0.115. The number of nitrogens with one attached hydrogen (secondary N) is 4. The minimum absolute atomic E-state index is 0.00671. The number of hydrogen-bond donors (Lipinski definition) is 7. The van der Waals surface area contributed by atoms with E-state index in [2.05, 4.69) is 15.4 Å². The summed E-state index contributed by atoms with van der Waals surface area (Å²) in [7, 11) is -4.18. The van der Waals surface area contributed by atoms with Crippen LogP contribution in [0, 0.1) is 11.2 Å². The van der Waals surface area contributed by atoms with E-state index >= 15 is 0 Å². The van der Waals surface area contributed by atoms with E-state index in [1.54, 1.807) is 26.0 Å². The number of carboxylic acids is 1. The molecular weight excluding hydrogens is 559 g/mol. The number of rotatable bonds is 13. The Bertz CT molecular complexity index is 1560. The molecule has 0 aliphatic rings. The third-order valence-electron chi connectivity index (χ3n) is 5.24. The van der Waals surface area contributed by atoms with Crippen LogP contribution in [0.15, 0.2) is 54.6 Å². The summed E-state index contributed by atoms with van der Waals surface area (Å²) in [5.41, 5.74) is 6.66. The van der Waals surface area contributed by atoms with Gasteiger partial charge in [0.15, 0.2) is 18.1 Å². The van der Waals surface area contributed by atoms with Crippen molar-refractivity contribution in [2.24, 2.45) is 10.9 Å². The Hall–Kier alpha value is -4.89. The number of nitrogen functional groups attached to an aromatic ring is 1. The molecule has 0 unspecified atom stereocenters. The number of amides is 1. The van der Waals surface area contributed by atoms with Crippen LogP contribution in [0.3, 0.4) is 0 Å². The zero-order chi connectivity index (χ0) is 30.3. The lowest BCUT2D eigenvalue weighted by molar-refractivity contribution is -0.139. The molecule has 41 heavy (non-hydrogen) atoms. The molecular formula is C26H29FN6O7S. The minimum atomic E-state index is -4.18. The van der Waals surface area contributed by atoms with Gasteiger partial charge in [0.2, 0.25) is 0 Å². The first-order valence-electron chi connectivity index (χ1n) is 12.0. The van der Waals surface area contributed by atoms with Crippen LogP contribution in [-0.4, -0.2) is 43.9 Å². The van der Waals surface area contributed by atoms with Crippen molar-refractivity contribution in [1.29, 1.82) is 5.41 Å². The lowest BCUT2D eigenvalue weighted by Crippen LogP contribution is -2.22. The number of nitrogens with two attached hydrogens (primary N) is 2. The van der Waals surface area contributed by atoms with E-state index in [4.69, 9.17) is 30.9 Å². The van der Waals surface area contributed by atoms with Crippen molar-refractivity contribution in [2.75, 3.05) is 22.0 Å². The predicted molar refractivity (Wildman–Crippen MR) is 151 cm³/mol. The van der Waals surface area contributed by atoms with Gasteiger partial charge in [-0.1, -0.05) is 0 Å². The molecule has 1 amide bonds. The van der Waals surface area contributed by atoms with E-state index in [1.807, 2.05) is 0 Å². The summed E-state index contributed by atoms with van der Waals surface area (Å²) in [6.07, 6.45) is -0.398. The Kier molecular flexibility index (Phi) is 9.70. The molecule has 218 valence electrons. The summed E-state index contributed by atoms with van der Waals surface area (Å²) in [5.74, 6) is -2.69. The molecule has 0 radical (unpaired) electrons. The number of carbonyl (C=O) groups is 2. The number of aliphatic carboxylic acids is 1. The van der Waals surface area contributed by atoms with Crippen LogP contribution in [0.25, 0.3) is 0 Å². The number of hydrogen-bond acceptors (Lipinski definition) is 8. The lowest BCUT2D eigenvalue weighted by atomic mass is 10.1. The second-order valence-electron chi connectivity index (χ2n) is 8.95. The van der Waals surface area contributed by atoms with Gasteiger partial charge in [-0.05, 0) is 62.4 Å². The molecule has 0 heterocycles. The van der Waals surface area contributed by atoms with Crippen LogP contribution in [0.4, 0.5) is 21.5 Å². The number of carbonyl (C=O) groups excluding carboxylic acids is 1. The smallest absolute Gasteiger partial charge is 0.341 e. The predicted octanol–water partition coefficient (Wildman–Crippen LogP) is 2.84. The van der Waals surface area contributed by atoms with Gasteiger partial charge in [-0.15, -0.1) is 0 Å². The van der Waals surface area contributed by atoms with Gasteiger partial charge < -0.3 is 30.9 Å². The second-order valence-corrected chi connectivity index (χ2v) is 10.2. The zero-order valence-electron chi connectivity index (χ0n) is 22.0. The van der Waals surface area contributed by atoms with Crippen LogP contribution < -0.4 is 35.7 Å². The highest BCUT2D eigenvalue weighted by molar-refractivity contribution is 7.90. The first-order chi connectivity index (χ1) is 19.2. The van der Waals surface area contributed by atoms with E-state index in [-0.39, 0.29) is 46.4 Å². The van der Waals surface area contributed by atoms with Crippen molar-refractivity contribution in [2.45, 2.75) is 26.5 Å². The highest BCUT2D eigenvalue weighted by atomic mass is 32.2.